The number of carbonyl (C=O) groups is 1. The average Bonchev–Trinajstić information content (AvgIpc) is 3.17. The highest BCUT2D eigenvalue weighted by Gasteiger charge is 2.27. The van der Waals surface area contributed by atoms with Crippen LogP contribution in [-0.4, -0.2) is 19.0 Å². The molecule has 2 aliphatic carbocycles. The van der Waals surface area contributed by atoms with Gasteiger partial charge in [0.1, 0.15) is 0 Å². The average molecular weight is 323 g/mol. The first-order valence-corrected chi connectivity index (χ1v) is 8.38. The maximum atomic E-state index is 12.2. The fraction of sp³-hybridized carbons (Fsp3) is 0.611. The Morgan fingerprint density at radius 1 is 1.09 bits per heavy atom. The Bertz CT molecular complexity index is 455. The molecule has 0 saturated heterocycles. The van der Waals surface area contributed by atoms with Crippen LogP contribution in [0.3, 0.4) is 0 Å². The fourth-order valence-electron chi connectivity index (χ4n) is 3.36. The number of amides is 1. The third-order valence-corrected chi connectivity index (χ3v) is 4.76. The third kappa shape index (κ3) is 4.99. The highest BCUT2D eigenvalue weighted by Crippen LogP contribution is 2.35. The van der Waals surface area contributed by atoms with Gasteiger partial charge in [0.15, 0.2) is 0 Å². The Labute approximate surface area is 139 Å². The standard InChI is InChI=1S/C18H26N2O.ClH/c21-17(13-19-12-14-10-11-14)20-18(16-8-4-5-9-16)15-6-2-1-3-7-15;/h1-3,6-7,14,16,18-19H,4-5,8-13H2,(H,20,21);1H. The molecule has 0 aromatic heterocycles. The van der Waals surface area contributed by atoms with Gasteiger partial charge in [-0.1, -0.05) is 43.2 Å². The number of hydrogen-bond donors (Lipinski definition) is 2. The normalized spacial score (nSPS) is 19.5. The van der Waals surface area contributed by atoms with Crippen molar-refractivity contribution in [1.82, 2.24) is 10.6 Å². The molecule has 3 rings (SSSR count). The van der Waals surface area contributed by atoms with Crippen molar-refractivity contribution in [2.24, 2.45) is 11.8 Å². The molecule has 1 amide bonds. The highest BCUT2D eigenvalue weighted by molar-refractivity contribution is 5.85. The molecule has 0 bridgehead atoms. The smallest absolute Gasteiger partial charge is 0.234 e. The van der Waals surface area contributed by atoms with E-state index in [1.54, 1.807) is 0 Å². The van der Waals surface area contributed by atoms with Gasteiger partial charge in [-0.3, -0.25) is 4.79 Å². The summed E-state index contributed by atoms with van der Waals surface area (Å²) in [5, 5.41) is 6.55. The lowest BCUT2D eigenvalue weighted by Crippen LogP contribution is -2.39. The molecule has 22 heavy (non-hydrogen) atoms. The maximum Gasteiger partial charge on any atom is 0.234 e. The summed E-state index contributed by atoms with van der Waals surface area (Å²) in [5.41, 5.74) is 1.25. The van der Waals surface area contributed by atoms with Crippen LogP contribution in [0.25, 0.3) is 0 Å². The Balaban J connectivity index is 0.00000176. The minimum absolute atomic E-state index is 0. The van der Waals surface area contributed by atoms with E-state index in [2.05, 4.69) is 34.9 Å². The molecule has 3 nitrogen and oxygen atoms in total. The van der Waals surface area contributed by atoms with E-state index >= 15 is 0 Å². The number of halogens is 1. The Kier molecular flexibility index (Phi) is 6.71. The van der Waals surface area contributed by atoms with E-state index in [1.807, 2.05) is 6.07 Å². The SMILES string of the molecule is Cl.O=C(CNCC1CC1)NC(c1ccccc1)C1CCCC1. The van der Waals surface area contributed by atoms with Crippen molar-refractivity contribution in [3.63, 3.8) is 0 Å². The van der Waals surface area contributed by atoms with Crippen LogP contribution < -0.4 is 10.6 Å². The summed E-state index contributed by atoms with van der Waals surface area (Å²) >= 11 is 0. The lowest BCUT2D eigenvalue weighted by molar-refractivity contribution is -0.121. The van der Waals surface area contributed by atoms with Crippen LogP contribution in [0.4, 0.5) is 0 Å². The molecule has 2 N–H and O–H groups in total. The van der Waals surface area contributed by atoms with Gasteiger partial charge in [-0.15, -0.1) is 12.4 Å². The molecule has 1 aromatic rings. The van der Waals surface area contributed by atoms with Gasteiger partial charge in [0.25, 0.3) is 0 Å². The first kappa shape index (κ1) is 17.3. The monoisotopic (exact) mass is 322 g/mol. The Morgan fingerprint density at radius 2 is 1.77 bits per heavy atom. The molecule has 0 spiro atoms. The summed E-state index contributed by atoms with van der Waals surface area (Å²) in [5.74, 6) is 1.55. The van der Waals surface area contributed by atoms with Gasteiger partial charge >= 0.3 is 0 Å². The summed E-state index contributed by atoms with van der Waals surface area (Å²) in [6.07, 6.45) is 7.70. The molecule has 2 saturated carbocycles. The minimum atomic E-state index is 0. The molecular formula is C18H27ClN2O. The predicted molar refractivity (Wildman–Crippen MR) is 92.1 cm³/mol. The van der Waals surface area contributed by atoms with Gasteiger partial charge in [0.2, 0.25) is 5.91 Å². The summed E-state index contributed by atoms with van der Waals surface area (Å²) in [6.45, 7) is 1.44. The molecule has 1 aromatic carbocycles. The zero-order valence-electron chi connectivity index (χ0n) is 13.1. The van der Waals surface area contributed by atoms with Crippen LogP contribution in [0.5, 0.6) is 0 Å². The molecule has 0 aliphatic heterocycles. The Hall–Kier alpha value is -1.06. The number of nitrogens with one attached hydrogen (secondary N) is 2. The van der Waals surface area contributed by atoms with Crippen molar-refractivity contribution in [1.29, 1.82) is 0 Å². The summed E-state index contributed by atoms with van der Waals surface area (Å²) < 4.78 is 0. The van der Waals surface area contributed by atoms with Crippen LogP contribution in [0, 0.1) is 11.8 Å². The largest absolute Gasteiger partial charge is 0.348 e. The van der Waals surface area contributed by atoms with Gasteiger partial charge in [0, 0.05) is 0 Å². The van der Waals surface area contributed by atoms with E-state index in [0.29, 0.717) is 12.5 Å². The molecule has 1 atom stereocenters. The van der Waals surface area contributed by atoms with E-state index < -0.39 is 0 Å². The van der Waals surface area contributed by atoms with Gasteiger partial charge in [-0.2, -0.15) is 0 Å². The zero-order chi connectivity index (χ0) is 14.5. The summed E-state index contributed by atoms with van der Waals surface area (Å²) in [7, 11) is 0. The lowest BCUT2D eigenvalue weighted by Gasteiger charge is -2.25. The molecule has 2 aliphatic rings. The highest BCUT2D eigenvalue weighted by atomic mass is 35.5. The second kappa shape index (κ2) is 8.54. The van der Waals surface area contributed by atoms with Gasteiger partial charge in [-0.25, -0.2) is 0 Å². The van der Waals surface area contributed by atoms with Crippen LogP contribution in [0.1, 0.15) is 50.1 Å². The third-order valence-electron chi connectivity index (χ3n) is 4.76. The first-order valence-electron chi connectivity index (χ1n) is 8.38. The van der Waals surface area contributed by atoms with E-state index in [1.165, 1.54) is 44.1 Å². The van der Waals surface area contributed by atoms with Crippen molar-refractivity contribution in [3.8, 4) is 0 Å². The van der Waals surface area contributed by atoms with Crippen LogP contribution in [0.2, 0.25) is 0 Å². The van der Waals surface area contributed by atoms with Gasteiger partial charge in [-0.05, 0) is 49.6 Å². The van der Waals surface area contributed by atoms with Crippen LogP contribution >= 0.6 is 12.4 Å². The van der Waals surface area contributed by atoms with E-state index in [-0.39, 0.29) is 24.4 Å². The molecule has 1 unspecified atom stereocenters. The van der Waals surface area contributed by atoms with Crippen molar-refractivity contribution >= 4 is 18.3 Å². The van der Waals surface area contributed by atoms with Crippen LogP contribution in [0.15, 0.2) is 30.3 Å². The number of rotatable bonds is 7. The van der Waals surface area contributed by atoms with E-state index in [9.17, 15) is 4.79 Å². The fourth-order valence-corrected chi connectivity index (χ4v) is 3.36. The second-order valence-electron chi connectivity index (χ2n) is 6.57. The number of carbonyl (C=O) groups excluding carboxylic acids is 1. The minimum Gasteiger partial charge on any atom is -0.348 e. The predicted octanol–water partition coefficient (Wildman–Crippen LogP) is 3.46. The topological polar surface area (TPSA) is 41.1 Å². The van der Waals surface area contributed by atoms with E-state index in [4.69, 9.17) is 0 Å². The van der Waals surface area contributed by atoms with Gasteiger partial charge in [0.05, 0.1) is 12.6 Å². The molecule has 4 heteroatoms. The maximum absolute atomic E-state index is 12.2. The van der Waals surface area contributed by atoms with Crippen molar-refractivity contribution in [3.05, 3.63) is 35.9 Å². The summed E-state index contributed by atoms with van der Waals surface area (Å²) in [6, 6.07) is 10.6. The Morgan fingerprint density at radius 3 is 2.41 bits per heavy atom. The zero-order valence-corrected chi connectivity index (χ0v) is 13.9. The second-order valence-corrected chi connectivity index (χ2v) is 6.57. The van der Waals surface area contributed by atoms with Gasteiger partial charge < -0.3 is 10.6 Å². The van der Waals surface area contributed by atoms with Crippen molar-refractivity contribution in [2.45, 2.75) is 44.6 Å². The lowest BCUT2D eigenvalue weighted by atomic mass is 9.91. The number of benzene rings is 1. The quantitative estimate of drug-likeness (QED) is 0.807. The summed E-state index contributed by atoms with van der Waals surface area (Å²) in [4.78, 5) is 12.2. The number of hydrogen-bond acceptors (Lipinski definition) is 2. The van der Waals surface area contributed by atoms with Crippen molar-refractivity contribution < 1.29 is 4.79 Å². The molecule has 122 valence electrons. The van der Waals surface area contributed by atoms with Crippen molar-refractivity contribution in [2.75, 3.05) is 13.1 Å². The molecule has 0 radical (unpaired) electrons. The molecular weight excluding hydrogens is 296 g/mol. The van der Waals surface area contributed by atoms with Crippen LogP contribution in [-0.2, 0) is 4.79 Å². The molecule has 0 heterocycles. The first-order chi connectivity index (χ1) is 10.3. The van der Waals surface area contributed by atoms with E-state index in [0.717, 1.165) is 12.5 Å². The molecule has 2 fully saturated rings.